The number of hydrogen-bond donors (Lipinski definition) is 0. The van der Waals surface area contributed by atoms with Crippen LogP contribution >= 0.6 is 0 Å². The summed E-state index contributed by atoms with van der Waals surface area (Å²) >= 11 is 2.20. The van der Waals surface area contributed by atoms with Crippen LogP contribution in [0.1, 0.15) is 0 Å². The fourth-order valence-electron chi connectivity index (χ4n) is 0. The molecule has 0 bridgehead atoms. The summed E-state index contributed by atoms with van der Waals surface area (Å²) in [7, 11) is -2.05. The topological polar surface area (TPSA) is 34.1 Å². The zero-order valence-corrected chi connectivity index (χ0v) is 5.46. The van der Waals surface area contributed by atoms with Crippen molar-refractivity contribution >= 4 is 7.65 Å². The summed E-state index contributed by atoms with van der Waals surface area (Å²) in [5.41, 5.74) is 0. The molecule has 0 aliphatic rings. The van der Waals surface area contributed by atoms with Crippen LogP contribution < -0.4 is 0 Å². The Morgan fingerprint density at radius 2 is 1.25 bits per heavy atom. The van der Waals surface area contributed by atoms with Gasteiger partial charge in [-0.15, -0.1) is 0 Å². The molecule has 0 fully saturated rings. The molecule has 0 saturated heterocycles. The zero-order valence-electron chi connectivity index (χ0n) is 3.16. The Labute approximate surface area is 55.5 Å². The van der Waals surface area contributed by atoms with E-state index in [9.17, 15) is 13.2 Å². The van der Waals surface area contributed by atoms with Gasteiger partial charge in [0.2, 0.25) is 0 Å². The summed E-state index contributed by atoms with van der Waals surface area (Å²) in [5, 5.41) is 0. The molecular weight excluding hydrogens is 241 g/mol. The molecule has 0 rings (SSSR count). The van der Waals surface area contributed by atoms with Crippen molar-refractivity contribution in [2.45, 2.75) is 0 Å². The molecule has 0 aliphatic heterocycles. The molecule has 0 radical (unpaired) electrons. The van der Waals surface area contributed by atoms with Gasteiger partial charge < -0.3 is 13.2 Å². The van der Waals surface area contributed by atoms with Crippen LogP contribution in [0, 0.1) is 6.68 Å². The first-order valence-corrected chi connectivity index (χ1v) is 3.75. The van der Waals surface area contributed by atoms with Crippen LogP contribution in [0.4, 0.5) is 13.2 Å². The Bertz CT molecular complexity index is 115. The maximum atomic E-state index is 9.58. The van der Waals surface area contributed by atoms with Crippen molar-refractivity contribution in [3.8, 4) is 0 Å². The van der Waals surface area contributed by atoms with E-state index in [2.05, 4.69) is 19.2 Å². The molecule has 0 unspecified atom stereocenters. The maximum absolute atomic E-state index is 9.58. The Hall–Kier alpha value is 0.350. The normalized spacial score (nSPS) is 7.75. The van der Waals surface area contributed by atoms with E-state index in [1.807, 2.05) is 0 Å². The van der Waals surface area contributed by atoms with Crippen LogP contribution in [0.3, 0.4) is 0 Å². The third-order valence-electron chi connectivity index (χ3n) is 0. The van der Waals surface area contributed by atoms with Crippen molar-refractivity contribution in [1.82, 2.24) is 0 Å². The van der Waals surface area contributed by atoms with Gasteiger partial charge in [0.25, 0.3) is 0 Å². The number of rotatable bonds is 0. The SMILES string of the molecule is F[C-](F)F.O=[S](=O)=[Ag]. The standard InChI is InChI=1S/CF3.Ag.O2S/c2-1(3)4;;1-3-2/q-1;;. The summed E-state index contributed by atoms with van der Waals surface area (Å²) in [6, 6.07) is 0. The van der Waals surface area contributed by atoms with E-state index >= 15 is 0 Å². The van der Waals surface area contributed by atoms with Crippen molar-refractivity contribution in [1.29, 1.82) is 0 Å². The molecule has 55 valence electrons. The number of halogens is 3. The van der Waals surface area contributed by atoms with Crippen molar-refractivity contribution < 1.29 is 40.8 Å². The second-order valence-corrected chi connectivity index (χ2v) is 2.20. The summed E-state index contributed by atoms with van der Waals surface area (Å²) in [4.78, 5) is 0. The first-order chi connectivity index (χ1) is 3.46. The Kier molecular flexibility index (Phi) is 10.3. The average Bonchev–Trinajstić information content (AvgIpc) is 1.25. The fraction of sp³-hybridized carbons (Fsp3) is 0. The summed E-state index contributed by atoms with van der Waals surface area (Å²) in [6.45, 7) is -3.08. The van der Waals surface area contributed by atoms with Crippen LogP contribution in [0.15, 0.2) is 0 Å². The zero-order chi connectivity index (χ0) is 7.15. The predicted molar refractivity (Wildman–Crippen MR) is 15.5 cm³/mol. The van der Waals surface area contributed by atoms with Crippen LogP contribution in [0.2, 0.25) is 0 Å². The van der Waals surface area contributed by atoms with Crippen LogP contribution in [-0.4, -0.2) is 8.42 Å². The molecule has 0 spiro atoms. The third-order valence-corrected chi connectivity index (χ3v) is 0. The summed E-state index contributed by atoms with van der Waals surface area (Å²) in [5.74, 6) is 0. The molecule has 0 N–H and O–H groups in total. The van der Waals surface area contributed by atoms with Crippen LogP contribution in [-0.2, 0) is 26.8 Å². The first-order valence-electron chi connectivity index (χ1n) is 1.02. The van der Waals surface area contributed by atoms with Gasteiger partial charge in [-0.1, -0.05) is 0 Å². The molecule has 0 amide bonds. The molecule has 0 saturated carbocycles. The van der Waals surface area contributed by atoms with Crippen molar-refractivity contribution in [2.75, 3.05) is 0 Å². The molecule has 8 heavy (non-hydrogen) atoms. The van der Waals surface area contributed by atoms with E-state index in [-0.39, 0.29) is 0 Å². The Balaban J connectivity index is 0. The van der Waals surface area contributed by atoms with Gasteiger partial charge in [0.15, 0.2) is 6.68 Å². The molecule has 0 aliphatic carbocycles. The second-order valence-electron chi connectivity index (χ2n) is 0.383. The van der Waals surface area contributed by atoms with Gasteiger partial charge in [0.05, 0.1) is 0 Å². The molecule has 2 nitrogen and oxygen atoms in total. The fourth-order valence-corrected chi connectivity index (χ4v) is 0. The van der Waals surface area contributed by atoms with Gasteiger partial charge in [-0.2, -0.15) is 0 Å². The quantitative estimate of drug-likeness (QED) is 0.461. The van der Waals surface area contributed by atoms with Gasteiger partial charge in [0, 0.05) is 0 Å². The van der Waals surface area contributed by atoms with E-state index < -0.39 is 14.3 Å². The van der Waals surface area contributed by atoms with Crippen molar-refractivity contribution in [2.24, 2.45) is 0 Å². The third kappa shape index (κ3) is 1480. The van der Waals surface area contributed by atoms with E-state index in [1.165, 1.54) is 0 Å². The number of hydrogen-bond acceptors (Lipinski definition) is 2. The molecular formula is CAgF3O2S-. The van der Waals surface area contributed by atoms with Gasteiger partial charge >= 0.3 is 35.3 Å². The molecule has 0 atom stereocenters. The minimum absolute atomic E-state index is 2.05. The van der Waals surface area contributed by atoms with Crippen molar-refractivity contribution in [3.63, 3.8) is 0 Å². The van der Waals surface area contributed by atoms with Crippen molar-refractivity contribution in [3.05, 3.63) is 6.68 Å². The second kappa shape index (κ2) is 7.35. The van der Waals surface area contributed by atoms with Gasteiger partial charge in [0.1, 0.15) is 0 Å². The molecule has 0 aromatic heterocycles. The molecule has 0 aromatic carbocycles. The Morgan fingerprint density at radius 3 is 1.25 bits per heavy atom. The van der Waals surface area contributed by atoms with Gasteiger partial charge in [-0.25, -0.2) is 0 Å². The monoisotopic (exact) mass is 240 g/mol. The van der Waals surface area contributed by atoms with Gasteiger partial charge in [-0.3, -0.25) is 0 Å². The van der Waals surface area contributed by atoms with E-state index in [4.69, 9.17) is 8.42 Å². The Morgan fingerprint density at radius 1 is 1.25 bits per heavy atom. The predicted octanol–water partition coefficient (Wildman–Crippen LogP) is 0.669. The van der Waals surface area contributed by atoms with Gasteiger partial charge in [-0.05, 0) is 0 Å². The summed E-state index contributed by atoms with van der Waals surface area (Å²) in [6.07, 6.45) is 0. The molecule has 7 heteroatoms. The van der Waals surface area contributed by atoms with E-state index in [0.717, 1.165) is 0 Å². The molecule has 0 aromatic rings. The average molecular weight is 241 g/mol. The van der Waals surface area contributed by atoms with Crippen LogP contribution in [0.25, 0.3) is 0 Å². The minimum atomic E-state index is -3.08. The van der Waals surface area contributed by atoms with Crippen LogP contribution in [0.5, 0.6) is 0 Å². The summed E-state index contributed by atoms with van der Waals surface area (Å²) < 4.78 is 46.6. The first kappa shape index (κ1) is 11.2. The molecule has 0 heterocycles. The van der Waals surface area contributed by atoms with E-state index in [0.29, 0.717) is 0 Å². The van der Waals surface area contributed by atoms with E-state index in [1.54, 1.807) is 0 Å².